The molecule has 0 unspecified atom stereocenters. The zero-order valence-electron chi connectivity index (χ0n) is 12.1. The van der Waals surface area contributed by atoms with E-state index in [9.17, 15) is 13.2 Å². The molecule has 0 atom stereocenters. The van der Waals surface area contributed by atoms with Crippen LogP contribution >= 0.6 is 15.9 Å². The largest absolute Gasteiger partial charge is 0.480 e. The lowest BCUT2D eigenvalue weighted by molar-refractivity contribution is -0.138. The molecule has 122 valence electrons. The van der Waals surface area contributed by atoms with E-state index in [1.807, 2.05) is 4.90 Å². The van der Waals surface area contributed by atoms with Gasteiger partial charge >= 0.3 is 5.97 Å². The van der Waals surface area contributed by atoms with E-state index in [4.69, 9.17) is 5.11 Å². The first-order valence-electron chi connectivity index (χ1n) is 7.02. The number of rotatable bonds is 6. The van der Waals surface area contributed by atoms with Gasteiger partial charge in [0.25, 0.3) is 0 Å². The van der Waals surface area contributed by atoms with E-state index in [1.165, 1.54) is 0 Å². The molecule has 0 aromatic heterocycles. The molecule has 0 aliphatic carbocycles. The molecule has 8 heteroatoms. The van der Waals surface area contributed by atoms with Crippen molar-refractivity contribution in [1.82, 2.24) is 9.80 Å². The molecule has 0 spiro atoms. The van der Waals surface area contributed by atoms with Crippen molar-refractivity contribution in [3.05, 3.63) is 28.7 Å². The van der Waals surface area contributed by atoms with Crippen LogP contribution < -0.4 is 0 Å². The highest BCUT2D eigenvalue weighted by Crippen LogP contribution is 2.16. The molecular formula is C14H19BrN2O4S. The topological polar surface area (TPSA) is 77.9 Å². The predicted octanol–water partition coefficient (Wildman–Crippen LogP) is 0.925. The molecule has 22 heavy (non-hydrogen) atoms. The molecule has 0 saturated carbocycles. The van der Waals surface area contributed by atoms with Crippen LogP contribution in [0.25, 0.3) is 0 Å². The van der Waals surface area contributed by atoms with Crippen LogP contribution in [-0.2, 0) is 14.6 Å². The van der Waals surface area contributed by atoms with Gasteiger partial charge in [-0.05, 0) is 24.3 Å². The lowest BCUT2D eigenvalue weighted by Crippen LogP contribution is -2.48. The fourth-order valence-corrected chi connectivity index (χ4v) is 3.92. The van der Waals surface area contributed by atoms with Gasteiger partial charge in [-0.2, -0.15) is 0 Å². The Hall–Kier alpha value is -0.960. The summed E-state index contributed by atoms with van der Waals surface area (Å²) in [6.45, 7) is 3.23. The summed E-state index contributed by atoms with van der Waals surface area (Å²) in [7, 11) is -3.28. The smallest absolute Gasteiger partial charge is 0.317 e. The van der Waals surface area contributed by atoms with Crippen molar-refractivity contribution in [2.24, 2.45) is 0 Å². The number of piperazine rings is 1. The first-order chi connectivity index (χ1) is 10.4. The Bertz CT molecular complexity index is 610. The first kappa shape index (κ1) is 17.4. The van der Waals surface area contributed by atoms with Gasteiger partial charge in [-0.15, -0.1) is 0 Å². The fraction of sp³-hybridized carbons (Fsp3) is 0.500. The number of carboxylic acids is 1. The normalized spacial score (nSPS) is 17.5. The first-order valence-corrected chi connectivity index (χ1v) is 9.46. The highest BCUT2D eigenvalue weighted by atomic mass is 79.9. The average Bonchev–Trinajstić information content (AvgIpc) is 2.46. The third kappa shape index (κ3) is 5.05. The van der Waals surface area contributed by atoms with Gasteiger partial charge in [0, 0.05) is 37.2 Å². The Balaban J connectivity index is 1.83. The zero-order valence-corrected chi connectivity index (χ0v) is 14.5. The number of hydrogen-bond acceptors (Lipinski definition) is 5. The summed E-state index contributed by atoms with van der Waals surface area (Å²) < 4.78 is 25.4. The molecule has 2 rings (SSSR count). The highest BCUT2D eigenvalue weighted by molar-refractivity contribution is 9.10. The summed E-state index contributed by atoms with van der Waals surface area (Å²) in [6.07, 6.45) is 0. The van der Waals surface area contributed by atoms with Gasteiger partial charge in [0.05, 0.1) is 17.2 Å². The van der Waals surface area contributed by atoms with Gasteiger partial charge in [0.2, 0.25) is 0 Å². The van der Waals surface area contributed by atoms with E-state index in [0.29, 0.717) is 37.6 Å². The Morgan fingerprint density at radius 1 is 1.09 bits per heavy atom. The third-order valence-electron chi connectivity index (χ3n) is 3.67. The average molecular weight is 391 g/mol. The standard InChI is InChI=1S/C14H19BrN2O4S/c15-12-1-3-13(4-2-12)22(20,21)10-9-16-5-7-17(8-6-16)11-14(18)19/h1-4H,5-11H2,(H,18,19). The lowest BCUT2D eigenvalue weighted by atomic mass is 10.3. The van der Waals surface area contributed by atoms with Crippen molar-refractivity contribution in [3.63, 3.8) is 0 Å². The third-order valence-corrected chi connectivity index (χ3v) is 5.91. The highest BCUT2D eigenvalue weighted by Gasteiger charge is 2.21. The molecule has 1 aromatic rings. The molecule has 1 aromatic carbocycles. The molecule has 1 saturated heterocycles. The maximum Gasteiger partial charge on any atom is 0.317 e. The van der Waals surface area contributed by atoms with Crippen LogP contribution in [0.1, 0.15) is 0 Å². The summed E-state index contributed by atoms with van der Waals surface area (Å²) in [5.74, 6) is -0.751. The quantitative estimate of drug-likeness (QED) is 0.778. The minimum atomic E-state index is -3.28. The van der Waals surface area contributed by atoms with Crippen LogP contribution in [0.4, 0.5) is 0 Å². The summed E-state index contributed by atoms with van der Waals surface area (Å²) in [6, 6.07) is 6.64. The molecule has 0 amide bonds. The number of hydrogen-bond donors (Lipinski definition) is 1. The summed E-state index contributed by atoms with van der Waals surface area (Å²) >= 11 is 3.29. The SMILES string of the molecule is O=C(O)CN1CCN(CCS(=O)(=O)c2ccc(Br)cc2)CC1. The van der Waals surface area contributed by atoms with Crippen molar-refractivity contribution in [3.8, 4) is 0 Å². The molecule has 1 aliphatic rings. The van der Waals surface area contributed by atoms with E-state index in [2.05, 4.69) is 20.8 Å². The minimum absolute atomic E-state index is 0.0467. The summed E-state index contributed by atoms with van der Waals surface area (Å²) in [5, 5.41) is 8.75. The lowest BCUT2D eigenvalue weighted by Gasteiger charge is -2.33. The maximum atomic E-state index is 12.3. The van der Waals surface area contributed by atoms with Gasteiger partial charge in [-0.1, -0.05) is 15.9 Å². The Morgan fingerprint density at radius 2 is 1.64 bits per heavy atom. The molecule has 6 nitrogen and oxygen atoms in total. The van der Waals surface area contributed by atoms with Gasteiger partial charge in [0.15, 0.2) is 9.84 Å². The van der Waals surface area contributed by atoms with Crippen LogP contribution in [-0.4, -0.2) is 74.3 Å². The number of carbonyl (C=O) groups is 1. The van der Waals surface area contributed by atoms with E-state index in [1.54, 1.807) is 24.3 Å². The van der Waals surface area contributed by atoms with Crippen molar-refractivity contribution >= 4 is 31.7 Å². The molecule has 1 fully saturated rings. The van der Waals surface area contributed by atoms with Gasteiger partial charge < -0.3 is 5.11 Å². The van der Waals surface area contributed by atoms with Crippen molar-refractivity contribution in [1.29, 1.82) is 0 Å². The van der Waals surface area contributed by atoms with E-state index in [-0.39, 0.29) is 12.3 Å². The number of carboxylic acid groups (broad SMARTS) is 1. The summed E-state index contributed by atoms with van der Waals surface area (Å²) in [4.78, 5) is 14.9. The number of nitrogens with zero attached hydrogens (tertiary/aromatic N) is 2. The van der Waals surface area contributed by atoms with E-state index in [0.717, 1.165) is 4.47 Å². The van der Waals surface area contributed by atoms with E-state index < -0.39 is 15.8 Å². The van der Waals surface area contributed by atoms with Crippen molar-refractivity contribution < 1.29 is 18.3 Å². The Kier molecular flexibility index (Phi) is 5.96. The Labute approximate surface area is 138 Å². The Morgan fingerprint density at radius 3 is 2.18 bits per heavy atom. The number of aliphatic carboxylic acids is 1. The maximum absolute atomic E-state index is 12.3. The molecule has 0 bridgehead atoms. The molecule has 1 N–H and O–H groups in total. The van der Waals surface area contributed by atoms with Gasteiger partial charge in [-0.25, -0.2) is 8.42 Å². The van der Waals surface area contributed by atoms with E-state index >= 15 is 0 Å². The fourth-order valence-electron chi connectivity index (χ4n) is 2.37. The minimum Gasteiger partial charge on any atom is -0.480 e. The van der Waals surface area contributed by atoms with Crippen LogP contribution in [0.2, 0.25) is 0 Å². The number of halogens is 1. The second-order valence-corrected chi connectivity index (χ2v) is 8.31. The monoisotopic (exact) mass is 390 g/mol. The zero-order chi connectivity index (χ0) is 16.2. The number of sulfone groups is 1. The number of benzene rings is 1. The van der Waals surface area contributed by atoms with Crippen LogP contribution in [0, 0.1) is 0 Å². The molecule has 0 radical (unpaired) electrons. The van der Waals surface area contributed by atoms with Gasteiger partial charge in [-0.3, -0.25) is 14.6 Å². The second kappa shape index (κ2) is 7.54. The predicted molar refractivity (Wildman–Crippen MR) is 86.7 cm³/mol. The van der Waals surface area contributed by atoms with Crippen LogP contribution in [0.3, 0.4) is 0 Å². The van der Waals surface area contributed by atoms with Crippen LogP contribution in [0.15, 0.2) is 33.6 Å². The molecule has 1 aliphatic heterocycles. The van der Waals surface area contributed by atoms with Crippen LogP contribution in [0.5, 0.6) is 0 Å². The molecular weight excluding hydrogens is 372 g/mol. The molecule has 1 heterocycles. The second-order valence-electron chi connectivity index (χ2n) is 5.28. The summed E-state index contributed by atoms with van der Waals surface area (Å²) in [5.41, 5.74) is 0. The van der Waals surface area contributed by atoms with Crippen molar-refractivity contribution in [2.75, 3.05) is 45.0 Å². The van der Waals surface area contributed by atoms with Gasteiger partial charge in [0.1, 0.15) is 0 Å². The van der Waals surface area contributed by atoms with Crippen molar-refractivity contribution in [2.45, 2.75) is 4.90 Å².